The molecule has 0 aliphatic rings. The number of ether oxygens (including phenoxy) is 2. The number of hydrogen-bond donors (Lipinski definition) is 1. The molecule has 4 nitrogen and oxygen atoms in total. The predicted molar refractivity (Wildman–Crippen MR) is 92.1 cm³/mol. The van der Waals surface area contributed by atoms with Crippen molar-refractivity contribution in [3.8, 4) is 0 Å². The van der Waals surface area contributed by atoms with E-state index >= 15 is 0 Å². The number of anilines is 1. The van der Waals surface area contributed by atoms with Crippen LogP contribution in [0.2, 0.25) is 0 Å². The molecule has 1 aromatic carbocycles. The average molecular weight is 359 g/mol. The van der Waals surface area contributed by atoms with Crippen molar-refractivity contribution in [1.82, 2.24) is 0 Å². The lowest BCUT2D eigenvalue weighted by molar-refractivity contribution is 0.171. The summed E-state index contributed by atoms with van der Waals surface area (Å²) in [6, 6.07) is 6.88. The Morgan fingerprint density at radius 2 is 1.95 bits per heavy atom. The highest BCUT2D eigenvalue weighted by Crippen LogP contribution is 2.29. The Labute approximate surface area is 136 Å². The summed E-state index contributed by atoms with van der Waals surface area (Å²) < 4.78 is 11.6. The Balaban J connectivity index is 2.95. The number of benzene rings is 1. The predicted octanol–water partition coefficient (Wildman–Crippen LogP) is 2.83. The second-order valence-electron chi connectivity index (χ2n) is 5.46. The summed E-state index contributed by atoms with van der Waals surface area (Å²) in [6.07, 6.45) is 0.880. The highest BCUT2D eigenvalue weighted by atomic mass is 79.9. The Morgan fingerprint density at radius 1 is 1.24 bits per heavy atom. The van der Waals surface area contributed by atoms with E-state index in [0.29, 0.717) is 13.2 Å². The van der Waals surface area contributed by atoms with Crippen molar-refractivity contribution in [3.05, 3.63) is 28.2 Å². The van der Waals surface area contributed by atoms with Crippen LogP contribution < -0.4 is 10.6 Å². The van der Waals surface area contributed by atoms with E-state index in [-0.39, 0.29) is 12.1 Å². The Morgan fingerprint density at radius 3 is 2.48 bits per heavy atom. The monoisotopic (exact) mass is 358 g/mol. The van der Waals surface area contributed by atoms with Crippen molar-refractivity contribution in [2.75, 3.05) is 38.9 Å². The number of methoxy groups -OCH3 is 2. The van der Waals surface area contributed by atoms with E-state index in [4.69, 9.17) is 15.2 Å². The van der Waals surface area contributed by atoms with Crippen molar-refractivity contribution in [3.63, 3.8) is 0 Å². The van der Waals surface area contributed by atoms with E-state index in [1.54, 1.807) is 14.2 Å². The zero-order valence-electron chi connectivity index (χ0n) is 13.4. The molecule has 0 heterocycles. The molecule has 0 saturated heterocycles. The van der Waals surface area contributed by atoms with Crippen molar-refractivity contribution in [2.45, 2.75) is 32.4 Å². The van der Waals surface area contributed by atoms with Gasteiger partial charge in [-0.05, 0) is 53.9 Å². The average Bonchev–Trinajstić information content (AvgIpc) is 2.40. The molecule has 1 aromatic rings. The van der Waals surface area contributed by atoms with E-state index < -0.39 is 0 Å². The van der Waals surface area contributed by atoms with Gasteiger partial charge in [-0.15, -0.1) is 0 Å². The fourth-order valence-electron chi connectivity index (χ4n) is 2.38. The van der Waals surface area contributed by atoms with Crippen LogP contribution in [0.5, 0.6) is 0 Å². The zero-order valence-corrected chi connectivity index (χ0v) is 15.0. The van der Waals surface area contributed by atoms with Crippen LogP contribution >= 0.6 is 15.9 Å². The molecule has 0 aromatic heterocycles. The summed E-state index contributed by atoms with van der Waals surface area (Å²) in [5.41, 5.74) is 8.27. The molecule has 5 heteroatoms. The minimum absolute atomic E-state index is 0.166. The third-order valence-corrected chi connectivity index (χ3v) is 3.99. The van der Waals surface area contributed by atoms with Gasteiger partial charge in [0, 0.05) is 37.3 Å². The minimum Gasteiger partial charge on any atom is -0.383 e. The Hall–Kier alpha value is -0.620. The molecule has 120 valence electrons. The summed E-state index contributed by atoms with van der Waals surface area (Å²) in [5.74, 6) is 0. The minimum atomic E-state index is 0.166. The highest BCUT2D eigenvalue weighted by Gasteiger charge is 2.17. The van der Waals surface area contributed by atoms with E-state index in [1.165, 1.54) is 5.56 Å². The van der Waals surface area contributed by atoms with Crippen LogP contribution in [0.4, 0.5) is 5.69 Å². The first-order chi connectivity index (χ1) is 9.99. The maximum absolute atomic E-state index is 5.87. The van der Waals surface area contributed by atoms with Gasteiger partial charge in [0.25, 0.3) is 0 Å². The van der Waals surface area contributed by atoms with Gasteiger partial charge in [0.1, 0.15) is 0 Å². The molecule has 0 amide bonds. The third kappa shape index (κ3) is 5.94. The first-order valence-corrected chi connectivity index (χ1v) is 8.07. The van der Waals surface area contributed by atoms with Gasteiger partial charge >= 0.3 is 0 Å². The van der Waals surface area contributed by atoms with Crippen LogP contribution in [0.15, 0.2) is 22.7 Å². The lowest BCUT2D eigenvalue weighted by atomic mass is 10.1. The van der Waals surface area contributed by atoms with Gasteiger partial charge in [-0.1, -0.05) is 6.07 Å². The fraction of sp³-hybridized carbons (Fsp3) is 0.625. The van der Waals surface area contributed by atoms with E-state index in [1.807, 2.05) is 6.92 Å². The van der Waals surface area contributed by atoms with Crippen LogP contribution in [0.25, 0.3) is 0 Å². The molecule has 2 unspecified atom stereocenters. The summed E-state index contributed by atoms with van der Waals surface area (Å²) >= 11 is 3.68. The number of nitrogens with two attached hydrogens (primary N) is 1. The van der Waals surface area contributed by atoms with Gasteiger partial charge in [-0.2, -0.15) is 0 Å². The van der Waals surface area contributed by atoms with Crippen LogP contribution in [-0.2, 0) is 15.9 Å². The Bertz CT molecular complexity index is 427. The van der Waals surface area contributed by atoms with Gasteiger partial charge in [0.05, 0.1) is 18.9 Å². The van der Waals surface area contributed by atoms with Gasteiger partial charge in [0.2, 0.25) is 0 Å². The Kier molecular flexibility index (Phi) is 8.26. The number of nitrogens with zero attached hydrogens (tertiary/aromatic N) is 1. The smallest absolute Gasteiger partial charge is 0.0663 e. The molecular weight excluding hydrogens is 332 g/mol. The molecule has 0 aliphatic carbocycles. The lowest BCUT2D eigenvalue weighted by Gasteiger charge is -2.32. The molecule has 0 fully saturated rings. The molecule has 2 N–H and O–H groups in total. The molecule has 0 spiro atoms. The quantitative estimate of drug-likeness (QED) is 0.737. The molecular formula is C16H27BrN2O2. The van der Waals surface area contributed by atoms with Gasteiger partial charge in [0.15, 0.2) is 0 Å². The summed E-state index contributed by atoms with van der Waals surface area (Å²) in [6.45, 7) is 6.36. The van der Waals surface area contributed by atoms with Crippen molar-refractivity contribution in [1.29, 1.82) is 0 Å². The van der Waals surface area contributed by atoms with E-state index in [2.05, 4.69) is 46.0 Å². The van der Waals surface area contributed by atoms with Crippen LogP contribution in [0, 0.1) is 0 Å². The first-order valence-electron chi connectivity index (χ1n) is 7.28. The fourth-order valence-corrected chi connectivity index (χ4v) is 3.04. The third-order valence-electron chi connectivity index (χ3n) is 3.36. The van der Waals surface area contributed by atoms with Crippen molar-refractivity contribution >= 4 is 21.6 Å². The molecule has 0 aliphatic heterocycles. The molecule has 2 atom stereocenters. The molecule has 0 saturated carbocycles. The standard InChI is InChI=1S/C16H27BrN2O2/c1-12(18)9-14-5-6-16(15(17)10-14)19(7-8-20-3)13(2)11-21-4/h5-6,10,12-13H,7-9,11,18H2,1-4H3. The number of rotatable bonds is 9. The molecule has 21 heavy (non-hydrogen) atoms. The summed E-state index contributed by atoms with van der Waals surface area (Å²) in [7, 11) is 3.45. The zero-order chi connectivity index (χ0) is 15.8. The van der Waals surface area contributed by atoms with Gasteiger partial charge < -0.3 is 20.1 Å². The normalized spacial score (nSPS) is 14.0. The van der Waals surface area contributed by atoms with Gasteiger partial charge in [-0.25, -0.2) is 0 Å². The molecule has 0 bridgehead atoms. The maximum Gasteiger partial charge on any atom is 0.0663 e. The first kappa shape index (κ1) is 18.4. The topological polar surface area (TPSA) is 47.7 Å². The van der Waals surface area contributed by atoms with Crippen molar-refractivity contribution < 1.29 is 9.47 Å². The molecule has 0 radical (unpaired) electrons. The van der Waals surface area contributed by atoms with E-state index in [9.17, 15) is 0 Å². The maximum atomic E-state index is 5.87. The highest BCUT2D eigenvalue weighted by molar-refractivity contribution is 9.10. The second kappa shape index (κ2) is 9.41. The largest absolute Gasteiger partial charge is 0.383 e. The summed E-state index contributed by atoms with van der Waals surface area (Å²) in [4.78, 5) is 2.30. The second-order valence-corrected chi connectivity index (χ2v) is 6.31. The van der Waals surface area contributed by atoms with E-state index in [0.717, 1.165) is 23.1 Å². The van der Waals surface area contributed by atoms with Crippen LogP contribution in [-0.4, -0.2) is 46.1 Å². The van der Waals surface area contributed by atoms with Crippen LogP contribution in [0.3, 0.4) is 0 Å². The van der Waals surface area contributed by atoms with Crippen molar-refractivity contribution in [2.24, 2.45) is 5.73 Å². The van der Waals surface area contributed by atoms with Gasteiger partial charge in [-0.3, -0.25) is 0 Å². The number of halogens is 1. The summed E-state index contributed by atoms with van der Waals surface area (Å²) in [5, 5.41) is 0. The van der Waals surface area contributed by atoms with Crippen LogP contribution in [0.1, 0.15) is 19.4 Å². The molecule has 1 rings (SSSR count). The number of hydrogen-bond acceptors (Lipinski definition) is 4. The lowest BCUT2D eigenvalue weighted by Crippen LogP contribution is -2.38. The SMILES string of the molecule is COCCN(c1ccc(CC(C)N)cc1Br)C(C)COC.